The Morgan fingerprint density at radius 2 is 1.68 bits per heavy atom. The zero-order valence-electron chi connectivity index (χ0n) is 22.4. The van der Waals surface area contributed by atoms with Crippen molar-refractivity contribution in [2.24, 2.45) is 5.92 Å². The molecule has 2 aromatic rings. The van der Waals surface area contributed by atoms with Gasteiger partial charge in [-0.25, -0.2) is 4.79 Å². The number of hydrogen-bond acceptors (Lipinski definition) is 6. The number of aliphatic hydroxyl groups is 1. The Balaban J connectivity index is 2.51. The molecule has 202 valence electrons. The summed E-state index contributed by atoms with van der Waals surface area (Å²) in [4.78, 5) is 41.5. The predicted octanol–water partition coefficient (Wildman–Crippen LogP) is 4.14. The van der Waals surface area contributed by atoms with Gasteiger partial charge in [-0.15, -0.1) is 0 Å². The van der Waals surface area contributed by atoms with Gasteiger partial charge in [-0.3, -0.25) is 9.59 Å². The second-order valence-corrected chi connectivity index (χ2v) is 10.1. The summed E-state index contributed by atoms with van der Waals surface area (Å²) in [5.41, 5.74) is 1.09. The summed E-state index contributed by atoms with van der Waals surface area (Å²) >= 11 is 0. The number of aromatic hydroxyl groups is 1. The van der Waals surface area contributed by atoms with Gasteiger partial charge in [0.15, 0.2) is 0 Å². The molecule has 9 heteroatoms. The van der Waals surface area contributed by atoms with Crippen LogP contribution in [0.2, 0.25) is 0 Å². The Morgan fingerprint density at radius 3 is 2.22 bits per heavy atom. The second kappa shape index (κ2) is 13.1. The molecular weight excluding hydrogens is 474 g/mol. The van der Waals surface area contributed by atoms with E-state index in [0.29, 0.717) is 17.7 Å². The lowest BCUT2D eigenvalue weighted by molar-refractivity contribution is -0.142. The summed E-state index contributed by atoms with van der Waals surface area (Å²) in [6, 6.07) is 11.1. The molecule has 0 saturated carbocycles. The number of phenols is 1. The summed E-state index contributed by atoms with van der Waals surface area (Å²) in [5, 5.41) is 25.2. The molecule has 3 amide bonds. The third kappa shape index (κ3) is 8.49. The molecule has 37 heavy (non-hydrogen) atoms. The molecule has 3 atom stereocenters. The monoisotopic (exact) mass is 513 g/mol. The van der Waals surface area contributed by atoms with Crippen LogP contribution in [0.25, 0.3) is 0 Å². The number of carbonyl (C=O) groups excluding carboxylic acids is 3. The summed E-state index contributed by atoms with van der Waals surface area (Å²) in [7, 11) is 0. The number of anilines is 1. The molecular formula is C28H39N3O6. The highest BCUT2D eigenvalue weighted by Crippen LogP contribution is 2.27. The molecule has 4 N–H and O–H groups in total. The van der Waals surface area contributed by atoms with E-state index < -0.39 is 42.2 Å². The number of amides is 3. The Kier molecular flexibility index (Phi) is 10.5. The molecule has 9 nitrogen and oxygen atoms in total. The summed E-state index contributed by atoms with van der Waals surface area (Å²) in [6.45, 7) is 10.2. The summed E-state index contributed by atoms with van der Waals surface area (Å²) in [6.07, 6.45) is -0.181. The van der Waals surface area contributed by atoms with Crippen LogP contribution in [0.1, 0.15) is 58.2 Å². The minimum absolute atomic E-state index is 0.00548. The first-order valence-corrected chi connectivity index (χ1v) is 12.4. The van der Waals surface area contributed by atoms with Gasteiger partial charge in [0.05, 0.1) is 6.61 Å². The summed E-state index contributed by atoms with van der Waals surface area (Å²) < 4.78 is 5.37. The molecule has 0 aromatic heterocycles. The number of alkyl carbamates (subject to hydrolysis) is 1. The number of ether oxygens (including phenoxy) is 1. The molecule has 2 aromatic carbocycles. The molecule has 0 aliphatic rings. The van der Waals surface area contributed by atoms with E-state index in [4.69, 9.17) is 4.74 Å². The number of para-hydroxylation sites is 1. The topological polar surface area (TPSA) is 128 Å². The minimum Gasteiger partial charge on any atom is -0.508 e. The van der Waals surface area contributed by atoms with Crippen LogP contribution in [-0.4, -0.2) is 57.8 Å². The van der Waals surface area contributed by atoms with Gasteiger partial charge in [0, 0.05) is 12.2 Å². The van der Waals surface area contributed by atoms with E-state index in [1.54, 1.807) is 45.0 Å². The Hall–Kier alpha value is -3.59. The normalized spacial score (nSPS) is 13.7. The fourth-order valence-electron chi connectivity index (χ4n) is 3.81. The van der Waals surface area contributed by atoms with Crippen LogP contribution in [0.5, 0.6) is 5.75 Å². The van der Waals surface area contributed by atoms with Crippen molar-refractivity contribution in [3.05, 3.63) is 59.7 Å². The first-order valence-electron chi connectivity index (χ1n) is 12.4. The highest BCUT2D eigenvalue weighted by molar-refractivity contribution is 5.99. The highest BCUT2D eigenvalue weighted by atomic mass is 16.6. The van der Waals surface area contributed by atoms with Crippen molar-refractivity contribution in [2.75, 3.05) is 18.5 Å². The molecule has 0 aliphatic carbocycles. The molecule has 0 bridgehead atoms. The third-order valence-corrected chi connectivity index (χ3v) is 5.95. The Bertz CT molecular complexity index is 1060. The van der Waals surface area contributed by atoms with E-state index in [-0.39, 0.29) is 18.2 Å². The second-order valence-electron chi connectivity index (χ2n) is 10.1. The van der Waals surface area contributed by atoms with E-state index in [9.17, 15) is 24.6 Å². The van der Waals surface area contributed by atoms with E-state index in [1.807, 2.05) is 32.9 Å². The van der Waals surface area contributed by atoms with Crippen LogP contribution >= 0.6 is 0 Å². The number of rotatable bonds is 10. The number of aliphatic hydroxyl groups excluding tert-OH is 1. The lowest BCUT2D eigenvalue weighted by atomic mass is 9.95. The zero-order chi connectivity index (χ0) is 27.8. The maximum atomic E-state index is 14.0. The quantitative estimate of drug-likeness (QED) is 0.378. The fourth-order valence-corrected chi connectivity index (χ4v) is 3.81. The SMILES string of the molecule is CCC(C)C(NC(=O)OC(C)(C)C)C(=O)N(CCO)C(C(=O)Nc1ccccc1C)c1ccc(O)cc1. The standard InChI is InChI=1S/C28H39N3O6/c1-7-18(2)23(30-27(36)37-28(4,5)6)26(35)31(16-17-32)24(20-12-14-21(33)15-13-20)25(34)29-22-11-9-8-10-19(22)3/h8-15,18,23-24,32-33H,7,16-17H2,1-6H3,(H,29,34)(H,30,36). The van der Waals surface area contributed by atoms with Crippen molar-refractivity contribution < 1.29 is 29.3 Å². The van der Waals surface area contributed by atoms with Crippen LogP contribution in [0.4, 0.5) is 10.5 Å². The van der Waals surface area contributed by atoms with Gasteiger partial charge >= 0.3 is 6.09 Å². The minimum atomic E-state index is -1.15. The van der Waals surface area contributed by atoms with Gasteiger partial charge in [0.1, 0.15) is 23.4 Å². The first kappa shape index (κ1) is 29.6. The number of aryl methyl sites for hydroxylation is 1. The van der Waals surface area contributed by atoms with Crippen LogP contribution < -0.4 is 10.6 Å². The number of nitrogens with one attached hydrogen (secondary N) is 2. The van der Waals surface area contributed by atoms with Crippen molar-refractivity contribution in [3.8, 4) is 5.75 Å². The maximum absolute atomic E-state index is 14.0. The van der Waals surface area contributed by atoms with Crippen molar-refractivity contribution in [2.45, 2.75) is 65.6 Å². The molecule has 0 fully saturated rings. The zero-order valence-corrected chi connectivity index (χ0v) is 22.4. The smallest absolute Gasteiger partial charge is 0.408 e. The van der Waals surface area contributed by atoms with Gasteiger partial charge < -0.3 is 30.5 Å². The number of phenolic OH excluding ortho intramolecular Hbond substituents is 1. The van der Waals surface area contributed by atoms with Crippen molar-refractivity contribution in [1.82, 2.24) is 10.2 Å². The average Bonchev–Trinajstić information content (AvgIpc) is 2.82. The van der Waals surface area contributed by atoms with Crippen molar-refractivity contribution in [3.63, 3.8) is 0 Å². The van der Waals surface area contributed by atoms with Gasteiger partial charge in [-0.05, 0) is 62.9 Å². The largest absolute Gasteiger partial charge is 0.508 e. The molecule has 3 unspecified atom stereocenters. The summed E-state index contributed by atoms with van der Waals surface area (Å²) in [5.74, 6) is -1.32. The highest BCUT2D eigenvalue weighted by Gasteiger charge is 2.38. The van der Waals surface area contributed by atoms with Crippen LogP contribution in [-0.2, 0) is 14.3 Å². The van der Waals surface area contributed by atoms with E-state index in [1.165, 1.54) is 17.0 Å². The lowest BCUT2D eigenvalue weighted by Crippen LogP contribution is -2.55. The van der Waals surface area contributed by atoms with Crippen LogP contribution in [0, 0.1) is 12.8 Å². The maximum Gasteiger partial charge on any atom is 0.408 e. The van der Waals surface area contributed by atoms with Crippen molar-refractivity contribution in [1.29, 1.82) is 0 Å². The first-order chi connectivity index (χ1) is 17.4. The number of carbonyl (C=O) groups is 3. The number of benzene rings is 2. The molecule has 0 heterocycles. The van der Waals surface area contributed by atoms with Crippen LogP contribution in [0.15, 0.2) is 48.5 Å². The molecule has 0 saturated heterocycles. The number of nitrogens with zero attached hydrogens (tertiary/aromatic N) is 1. The Labute approximate surface area is 218 Å². The number of hydrogen-bond donors (Lipinski definition) is 4. The Morgan fingerprint density at radius 1 is 1.05 bits per heavy atom. The molecule has 0 radical (unpaired) electrons. The van der Waals surface area contributed by atoms with Gasteiger partial charge in [-0.1, -0.05) is 50.6 Å². The molecule has 2 rings (SSSR count). The van der Waals surface area contributed by atoms with Gasteiger partial charge in [-0.2, -0.15) is 0 Å². The van der Waals surface area contributed by atoms with Gasteiger partial charge in [0.25, 0.3) is 5.91 Å². The predicted molar refractivity (Wildman–Crippen MR) is 142 cm³/mol. The third-order valence-electron chi connectivity index (χ3n) is 5.95. The molecule has 0 spiro atoms. The lowest BCUT2D eigenvalue weighted by Gasteiger charge is -2.35. The van der Waals surface area contributed by atoms with E-state index in [0.717, 1.165) is 5.56 Å². The van der Waals surface area contributed by atoms with E-state index >= 15 is 0 Å². The fraction of sp³-hybridized carbons (Fsp3) is 0.464. The molecule has 0 aliphatic heterocycles. The van der Waals surface area contributed by atoms with Crippen molar-refractivity contribution >= 4 is 23.6 Å². The van der Waals surface area contributed by atoms with Crippen LogP contribution in [0.3, 0.4) is 0 Å². The average molecular weight is 514 g/mol. The van der Waals surface area contributed by atoms with E-state index in [2.05, 4.69) is 10.6 Å². The van der Waals surface area contributed by atoms with Gasteiger partial charge in [0.2, 0.25) is 5.91 Å².